The largest absolute Gasteiger partial charge is 0.497 e. The third kappa shape index (κ3) is 1.68. The Hall–Kier alpha value is -1.22. The summed E-state index contributed by atoms with van der Waals surface area (Å²) in [5.74, 6) is 1.58. The topological polar surface area (TPSA) is 38.5 Å². The van der Waals surface area contributed by atoms with Crippen LogP contribution in [-0.4, -0.2) is 26.7 Å². The Balaban J connectivity index is 1.98. The van der Waals surface area contributed by atoms with Crippen molar-refractivity contribution < 1.29 is 4.74 Å². The molecule has 1 aliphatic heterocycles. The number of hydrogen-bond donors (Lipinski definition) is 1. The molecule has 0 aliphatic carbocycles. The van der Waals surface area contributed by atoms with E-state index in [1.54, 1.807) is 7.11 Å². The first-order valence-corrected chi connectivity index (χ1v) is 4.92. The van der Waals surface area contributed by atoms with E-state index in [9.17, 15) is 0 Å². The van der Waals surface area contributed by atoms with Gasteiger partial charge in [0.2, 0.25) is 0 Å². The first-order chi connectivity index (χ1) is 6.83. The van der Waals surface area contributed by atoms with E-state index in [2.05, 4.69) is 17.0 Å². The number of hydrogen-bond acceptors (Lipinski definition) is 3. The van der Waals surface area contributed by atoms with E-state index in [-0.39, 0.29) is 0 Å². The van der Waals surface area contributed by atoms with Crippen molar-refractivity contribution in [3.8, 4) is 5.75 Å². The fraction of sp³-hybridized carbons (Fsp3) is 0.455. The van der Waals surface area contributed by atoms with Crippen molar-refractivity contribution in [1.82, 2.24) is 0 Å². The molecule has 1 saturated heterocycles. The van der Waals surface area contributed by atoms with Crippen molar-refractivity contribution in [2.45, 2.75) is 0 Å². The Bertz CT molecular complexity index is 291. The molecule has 2 rings (SSSR count). The van der Waals surface area contributed by atoms with Crippen molar-refractivity contribution in [3.05, 3.63) is 24.3 Å². The quantitative estimate of drug-likeness (QED) is 0.779. The van der Waals surface area contributed by atoms with Crippen molar-refractivity contribution >= 4 is 5.69 Å². The third-order valence-corrected chi connectivity index (χ3v) is 2.73. The average molecular weight is 192 g/mol. The molecular weight excluding hydrogens is 176 g/mol. The summed E-state index contributed by atoms with van der Waals surface area (Å²) in [6.07, 6.45) is 0. The molecule has 2 N–H and O–H groups in total. The molecule has 3 heteroatoms. The summed E-state index contributed by atoms with van der Waals surface area (Å²) in [6.45, 7) is 2.97. The van der Waals surface area contributed by atoms with Crippen LogP contribution in [0.5, 0.6) is 5.75 Å². The van der Waals surface area contributed by atoms with Crippen molar-refractivity contribution in [2.75, 3.05) is 31.6 Å². The molecule has 14 heavy (non-hydrogen) atoms. The molecule has 0 radical (unpaired) electrons. The monoisotopic (exact) mass is 192 g/mol. The third-order valence-electron chi connectivity index (χ3n) is 2.73. The molecule has 76 valence electrons. The van der Waals surface area contributed by atoms with Crippen LogP contribution in [0.3, 0.4) is 0 Å². The highest BCUT2D eigenvalue weighted by atomic mass is 16.5. The van der Waals surface area contributed by atoms with Gasteiger partial charge < -0.3 is 15.4 Å². The van der Waals surface area contributed by atoms with Crippen LogP contribution >= 0.6 is 0 Å². The molecule has 0 spiro atoms. The lowest BCUT2D eigenvalue weighted by Gasteiger charge is -2.40. The number of benzene rings is 1. The summed E-state index contributed by atoms with van der Waals surface area (Å²) in [6, 6.07) is 8.16. The molecule has 1 aliphatic rings. The zero-order valence-electron chi connectivity index (χ0n) is 8.44. The molecule has 1 fully saturated rings. The maximum Gasteiger partial charge on any atom is 0.119 e. The summed E-state index contributed by atoms with van der Waals surface area (Å²) in [4.78, 5) is 2.33. The molecule has 0 unspecified atom stereocenters. The number of anilines is 1. The smallest absolute Gasteiger partial charge is 0.119 e. The van der Waals surface area contributed by atoms with Crippen LogP contribution in [0.25, 0.3) is 0 Å². The normalized spacial score (nSPS) is 16.6. The van der Waals surface area contributed by atoms with Crippen LogP contribution in [0.15, 0.2) is 24.3 Å². The number of nitrogens with zero attached hydrogens (tertiary/aromatic N) is 1. The Morgan fingerprint density at radius 2 is 2.00 bits per heavy atom. The van der Waals surface area contributed by atoms with Gasteiger partial charge in [0, 0.05) is 24.7 Å². The number of rotatable bonds is 3. The Morgan fingerprint density at radius 1 is 1.36 bits per heavy atom. The molecule has 1 heterocycles. The van der Waals surface area contributed by atoms with Gasteiger partial charge in [-0.1, -0.05) is 0 Å². The Kier molecular flexibility index (Phi) is 2.59. The highest BCUT2D eigenvalue weighted by Crippen LogP contribution is 2.25. The summed E-state index contributed by atoms with van der Waals surface area (Å²) in [5.41, 5.74) is 6.83. The van der Waals surface area contributed by atoms with Gasteiger partial charge >= 0.3 is 0 Å². The van der Waals surface area contributed by atoms with Crippen LogP contribution < -0.4 is 15.4 Å². The van der Waals surface area contributed by atoms with Gasteiger partial charge in [-0.25, -0.2) is 0 Å². The maximum atomic E-state index is 5.57. The van der Waals surface area contributed by atoms with Gasteiger partial charge in [-0.15, -0.1) is 0 Å². The molecule has 0 aromatic heterocycles. The SMILES string of the molecule is COc1ccc(N2CC(CN)C2)cc1. The van der Waals surface area contributed by atoms with E-state index in [0.717, 1.165) is 25.4 Å². The maximum absolute atomic E-state index is 5.57. The highest BCUT2D eigenvalue weighted by molar-refractivity contribution is 5.51. The lowest BCUT2D eigenvalue weighted by atomic mass is 10.00. The molecule has 0 amide bonds. The second kappa shape index (κ2) is 3.88. The zero-order chi connectivity index (χ0) is 9.97. The van der Waals surface area contributed by atoms with Gasteiger partial charge in [-0.3, -0.25) is 0 Å². The van der Waals surface area contributed by atoms with Crippen molar-refractivity contribution in [2.24, 2.45) is 11.7 Å². The first-order valence-electron chi connectivity index (χ1n) is 4.92. The van der Waals surface area contributed by atoms with E-state index in [0.29, 0.717) is 5.92 Å². The summed E-state index contributed by atoms with van der Waals surface area (Å²) < 4.78 is 5.10. The van der Waals surface area contributed by atoms with Gasteiger partial charge in [0.25, 0.3) is 0 Å². The molecule has 1 aromatic carbocycles. The van der Waals surface area contributed by atoms with E-state index in [1.807, 2.05) is 12.1 Å². The van der Waals surface area contributed by atoms with E-state index < -0.39 is 0 Å². The molecule has 0 atom stereocenters. The number of methoxy groups -OCH3 is 1. The Morgan fingerprint density at radius 3 is 2.50 bits per heavy atom. The van der Waals surface area contributed by atoms with E-state index in [1.165, 1.54) is 5.69 Å². The molecule has 1 aromatic rings. The van der Waals surface area contributed by atoms with Gasteiger partial charge in [0.1, 0.15) is 5.75 Å². The Labute approximate surface area is 84.5 Å². The fourth-order valence-corrected chi connectivity index (χ4v) is 1.72. The minimum Gasteiger partial charge on any atom is -0.497 e. The molecular formula is C11H16N2O. The summed E-state index contributed by atoms with van der Waals surface area (Å²) in [7, 11) is 1.68. The lowest BCUT2D eigenvalue weighted by Crippen LogP contribution is -2.49. The van der Waals surface area contributed by atoms with Crippen LogP contribution in [0, 0.1) is 5.92 Å². The van der Waals surface area contributed by atoms with Gasteiger partial charge in [0.05, 0.1) is 7.11 Å². The number of ether oxygens (including phenoxy) is 1. The average Bonchev–Trinajstić information content (AvgIpc) is 2.17. The second-order valence-electron chi connectivity index (χ2n) is 3.70. The van der Waals surface area contributed by atoms with Crippen molar-refractivity contribution in [3.63, 3.8) is 0 Å². The lowest BCUT2D eigenvalue weighted by molar-refractivity contribution is 0.412. The fourth-order valence-electron chi connectivity index (χ4n) is 1.72. The van der Waals surface area contributed by atoms with Gasteiger partial charge in [0.15, 0.2) is 0 Å². The molecule has 3 nitrogen and oxygen atoms in total. The highest BCUT2D eigenvalue weighted by Gasteiger charge is 2.25. The van der Waals surface area contributed by atoms with Crippen LogP contribution in [-0.2, 0) is 0 Å². The van der Waals surface area contributed by atoms with E-state index >= 15 is 0 Å². The standard InChI is InChI=1S/C11H16N2O/c1-14-11-4-2-10(3-5-11)13-7-9(6-12)8-13/h2-5,9H,6-8,12H2,1H3. The number of nitrogens with two attached hydrogens (primary N) is 1. The predicted molar refractivity (Wildman–Crippen MR) is 57.8 cm³/mol. The molecule has 0 saturated carbocycles. The minimum absolute atomic E-state index is 0.678. The summed E-state index contributed by atoms with van der Waals surface area (Å²) >= 11 is 0. The van der Waals surface area contributed by atoms with Crippen LogP contribution in [0.4, 0.5) is 5.69 Å². The van der Waals surface area contributed by atoms with Gasteiger partial charge in [-0.05, 0) is 30.8 Å². The zero-order valence-corrected chi connectivity index (χ0v) is 8.44. The summed E-state index contributed by atoms with van der Waals surface area (Å²) in [5, 5.41) is 0. The van der Waals surface area contributed by atoms with Crippen LogP contribution in [0.1, 0.15) is 0 Å². The van der Waals surface area contributed by atoms with E-state index in [4.69, 9.17) is 10.5 Å². The van der Waals surface area contributed by atoms with Crippen molar-refractivity contribution in [1.29, 1.82) is 0 Å². The molecule has 0 bridgehead atoms. The first kappa shape index (κ1) is 9.34. The predicted octanol–water partition coefficient (Wildman–Crippen LogP) is 1.09. The minimum atomic E-state index is 0.678. The van der Waals surface area contributed by atoms with Gasteiger partial charge in [-0.2, -0.15) is 0 Å². The van der Waals surface area contributed by atoms with Crippen LogP contribution in [0.2, 0.25) is 0 Å². The second-order valence-corrected chi connectivity index (χ2v) is 3.70.